The number of benzene rings is 3. The number of fused-ring (bicyclic) bond motifs is 1. The van der Waals surface area contributed by atoms with Crippen molar-refractivity contribution < 1.29 is 19.1 Å². The summed E-state index contributed by atoms with van der Waals surface area (Å²) in [6, 6.07) is 24.2. The van der Waals surface area contributed by atoms with E-state index in [2.05, 4.69) is 22.2 Å². The first-order valence-electron chi connectivity index (χ1n) is 13.2. The number of para-hydroxylation sites is 1. The molecule has 0 spiro atoms. The lowest BCUT2D eigenvalue weighted by atomic mass is 10.00. The Hall–Kier alpha value is -4.47. The molecule has 0 unspecified atom stereocenters. The van der Waals surface area contributed by atoms with Crippen molar-refractivity contribution in [3.05, 3.63) is 90.0 Å². The third-order valence-corrected chi connectivity index (χ3v) is 7.35. The third-order valence-electron chi connectivity index (χ3n) is 7.35. The maximum atomic E-state index is 13.6. The van der Waals surface area contributed by atoms with Crippen molar-refractivity contribution in [3.63, 3.8) is 0 Å². The Kier molecular flexibility index (Phi) is 7.95. The molecular weight excluding hydrogens is 506 g/mol. The van der Waals surface area contributed by atoms with Crippen molar-refractivity contribution in [2.24, 2.45) is 0 Å². The fraction of sp³-hybridized carbons (Fsp3) is 0.258. The molecule has 1 saturated heterocycles. The lowest BCUT2D eigenvalue weighted by Crippen LogP contribution is -2.48. The Morgan fingerprint density at radius 3 is 2.23 bits per heavy atom. The number of carbonyl (C=O) groups excluding carboxylic acids is 3. The fourth-order valence-corrected chi connectivity index (χ4v) is 4.97. The summed E-state index contributed by atoms with van der Waals surface area (Å²) < 4.78 is 4.91. The van der Waals surface area contributed by atoms with E-state index < -0.39 is 12.0 Å². The van der Waals surface area contributed by atoms with Gasteiger partial charge in [-0.15, -0.1) is 0 Å². The first-order valence-corrected chi connectivity index (χ1v) is 13.2. The topological polar surface area (TPSA) is 85.4 Å². The highest BCUT2D eigenvalue weighted by Gasteiger charge is 2.39. The van der Waals surface area contributed by atoms with Crippen LogP contribution in [0.2, 0.25) is 0 Å². The van der Waals surface area contributed by atoms with E-state index in [0.717, 1.165) is 48.0 Å². The molecule has 40 heavy (non-hydrogen) atoms. The standard InChI is InChI=1S/C31H33N5O4/c1-33-17-19-35(20-18-33)21-27(37)34(2)24-15-13-23(14-16-24)32-29(22-9-5-4-6-10-22)28-25-11-7-8-12-26(25)36(30(28)38)31(39)40-3/h4-16,32H,17-21H2,1-3H3/b29-28-. The second kappa shape index (κ2) is 11.7. The highest BCUT2D eigenvalue weighted by atomic mass is 16.5. The highest BCUT2D eigenvalue weighted by Crippen LogP contribution is 2.41. The van der Waals surface area contributed by atoms with Crippen LogP contribution < -0.4 is 15.1 Å². The number of piperazine rings is 1. The van der Waals surface area contributed by atoms with E-state index >= 15 is 0 Å². The molecule has 3 aromatic carbocycles. The summed E-state index contributed by atoms with van der Waals surface area (Å²) in [5.41, 5.74) is 4.34. The first kappa shape index (κ1) is 27.1. The molecule has 3 amide bonds. The number of rotatable bonds is 6. The molecule has 3 aromatic rings. The second-order valence-corrected chi connectivity index (χ2v) is 9.95. The minimum absolute atomic E-state index is 0.0356. The molecule has 2 aliphatic heterocycles. The summed E-state index contributed by atoms with van der Waals surface area (Å²) >= 11 is 0. The number of ether oxygens (including phenoxy) is 1. The van der Waals surface area contributed by atoms with E-state index in [-0.39, 0.29) is 5.91 Å². The van der Waals surface area contributed by atoms with Crippen LogP contribution in [-0.4, -0.2) is 81.6 Å². The van der Waals surface area contributed by atoms with Gasteiger partial charge in [-0.1, -0.05) is 48.5 Å². The molecule has 0 aliphatic carbocycles. The molecule has 0 saturated carbocycles. The van der Waals surface area contributed by atoms with E-state index in [0.29, 0.717) is 29.1 Å². The highest BCUT2D eigenvalue weighted by molar-refractivity contribution is 6.43. The summed E-state index contributed by atoms with van der Waals surface area (Å²) in [5, 5.41) is 3.41. The Morgan fingerprint density at radius 2 is 1.55 bits per heavy atom. The smallest absolute Gasteiger partial charge is 0.421 e. The number of nitrogens with zero attached hydrogens (tertiary/aromatic N) is 4. The van der Waals surface area contributed by atoms with Crippen LogP contribution in [0, 0.1) is 0 Å². The number of likely N-dealkylation sites (N-methyl/N-ethyl adjacent to an activating group) is 2. The number of hydrogen-bond donors (Lipinski definition) is 1. The van der Waals surface area contributed by atoms with E-state index in [1.165, 1.54) is 7.11 Å². The van der Waals surface area contributed by atoms with Crippen LogP contribution in [-0.2, 0) is 14.3 Å². The van der Waals surface area contributed by atoms with Gasteiger partial charge in [-0.05, 0) is 42.9 Å². The zero-order valence-corrected chi connectivity index (χ0v) is 23.0. The largest absolute Gasteiger partial charge is 0.452 e. The van der Waals surface area contributed by atoms with Gasteiger partial charge in [0.05, 0.1) is 30.6 Å². The number of amides is 3. The van der Waals surface area contributed by atoms with Gasteiger partial charge in [-0.3, -0.25) is 14.5 Å². The summed E-state index contributed by atoms with van der Waals surface area (Å²) in [5.74, 6) is -0.432. The third kappa shape index (κ3) is 5.47. The molecule has 1 fully saturated rings. The molecule has 206 valence electrons. The molecule has 0 bridgehead atoms. The van der Waals surface area contributed by atoms with Crippen molar-refractivity contribution in [3.8, 4) is 0 Å². The van der Waals surface area contributed by atoms with Crippen LogP contribution in [0.1, 0.15) is 11.1 Å². The Balaban J connectivity index is 1.43. The fourth-order valence-electron chi connectivity index (χ4n) is 4.97. The van der Waals surface area contributed by atoms with Crippen LogP contribution in [0.25, 0.3) is 11.3 Å². The van der Waals surface area contributed by atoms with E-state index in [4.69, 9.17) is 4.74 Å². The maximum absolute atomic E-state index is 13.6. The number of hydrogen-bond acceptors (Lipinski definition) is 7. The lowest BCUT2D eigenvalue weighted by molar-refractivity contribution is -0.119. The summed E-state index contributed by atoms with van der Waals surface area (Å²) in [4.78, 5) is 46.3. The molecule has 9 nitrogen and oxygen atoms in total. The minimum Gasteiger partial charge on any atom is -0.452 e. The molecule has 1 N–H and O–H groups in total. The van der Waals surface area contributed by atoms with Crippen molar-refractivity contribution in [2.75, 3.05) is 69.0 Å². The average Bonchev–Trinajstić information content (AvgIpc) is 3.28. The number of anilines is 3. The quantitative estimate of drug-likeness (QED) is 0.474. The van der Waals surface area contributed by atoms with Gasteiger partial charge in [-0.2, -0.15) is 0 Å². The van der Waals surface area contributed by atoms with Crippen LogP contribution in [0.15, 0.2) is 78.9 Å². The zero-order valence-electron chi connectivity index (χ0n) is 23.0. The van der Waals surface area contributed by atoms with Gasteiger partial charge in [0.2, 0.25) is 5.91 Å². The minimum atomic E-state index is -0.742. The molecule has 0 aromatic heterocycles. The average molecular weight is 540 g/mol. The van der Waals surface area contributed by atoms with Gasteiger partial charge < -0.3 is 19.9 Å². The van der Waals surface area contributed by atoms with Gasteiger partial charge in [-0.25, -0.2) is 9.69 Å². The predicted molar refractivity (Wildman–Crippen MR) is 157 cm³/mol. The molecule has 0 atom stereocenters. The lowest BCUT2D eigenvalue weighted by Gasteiger charge is -2.32. The first-order chi connectivity index (χ1) is 19.4. The number of methoxy groups -OCH3 is 1. The summed E-state index contributed by atoms with van der Waals surface area (Å²) in [7, 11) is 5.13. The van der Waals surface area contributed by atoms with Crippen LogP contribution in [0.3, 0.4) is 0 Å². The maximum Gasteiger partial charge on any atom is 0.421 e. The Bertz CT molecular complexity index is 1430. The van der Waals surface area contributed by atoms with E-state index in [9.17, 15) is 14.4 Å². The SMILES string of the molecule is COC(=O)N1C(=O)/C(=C(\Nc2ccc(N(C)C(=O)CN3CCN(C)CC3)cc2)c2ccccc2)c2ccccc21. The van der Waals surface area contributed by atoms with Crippen LogP contribution in [0.5, 0.6) is 0 Å². The van der Waals surface area contributed by atoms with Gasteiger partial charge in [0.15, 0.2) is 0 Å². The molecule has 2 aliphatic rings. The molecule has 9 heteroatoms. The second-order valence-electron chi connectivity index (χ2n) is 9.95. The predicted octanol–water partition coefficient (Wildman–Crippen LogP) is 3.99. The van der Waals surface area contributed by atoms with Gasteiger partial charge in [0.25, 0.3) is 5.91 Å². The van der Waals surface area contributed by atoms with Gasteiger partial charge in [0.1, 0.15) is 0 Å². The Morgan fingerprint density at radius 1 is 0.900 bits per heavy atom. The number of nitrogens with one attached hydrogen (secondary N) is 1. The van der Waals surface area contributed by atoms with Gasteiger partial charge in [0, 0.05) is 50.2 Å². The van der Waals surface area contributed by atoms with E-state index in [1.54, 1.807) is 24.1 Å². The van der Waals surface area contributed by atoms with Crippen LogP contribution >= 0.6 is 0 Å². The summed E-state index contributed by atoms with van der Waals surface area (Å²) in [6.45, 7) is 4.06. The Labute approximate surface area is 234 Å². The van der Waals surface area contributed by atoms with E-state index in [1.807, 2.05) is 66.7 Å². The van der Waals surface area contributed by atoms with Crippen molar-refractivity contribution in [1.82, 2.24) is 9.80 Å². The van der Waals surface area contributed by atoms with Crippen molar-refractivity contribution >= 4 is 46.2 Å². The van der Waals surface area contributed by atoms with Crippen LogP contribution in [0.4, 0.5) is 21.9 Å². The zero-order chi connectivity index (χ0) is 28.2. The summed E-state index contributed by atoms with van der Waals surface area (Å²) in [6.07, 6.45) is -0.742. The molecule has 5 rings (SSSR count). The van der Waals surface area contributed by atoms with Gasteiger partial charge >= 0.3 is 6.09 Å². The molecule has 2 heterocycles. The molecule has 0 radical (unpaired) electrons. The number of imide groups is 1. The van der Waals surface area contributed by atoms with Crippen molar-refractivity contribution in [2.45, 2.75) is 0 Å². The number of carbonyl (C=O) groups is 3. The van der Waals surface area contributed by atoms with Crippen molar-refractivity contribution in [1.29, 1.82) is 0 Å². The molecular formula is C31H33N5O4. The monoisotopic (exact) mass is 539 g/mol. The normalized spacial score (nSPS) is 16.9.